The van der Waals surface area contributed by atoms with E-state index in [0.29, 0.717) is 17.7 Å². The lowest BCUT2D eigenvalue weighted by molar-refractivity contribution is -0.384. The quantitative estimate of drug-likeness (QED) is 0.221. The summed E-state index contributed by atoms with van der Waals surface area (Å²) in [4.78, 5) is 24.8. The highest BCUT2D eigenvalue weighted by atomic mass is 32.1. The van der Waals surface area contributed by atoms with Crippen LogP contribution in [0, 0.1) is 15.9 Å². The van der Waals surface area contributed by atoms with Gasteiger partial charge in [-0.1, -0.05) is 38.2 Å². The highest BCUT2D eigenvalue weighted by Crippen LogP contribution is 2.21. The minimum absolute atomic E-state index is 0.0273. The van der Waals surface area contributed by atoms with E-state index in [4.69, 9.17) is 21.7 Å². The molecule has 0 amide bonds. The van der Waals surface area contributed by atoms with Crippen molar-refractivity contribution in [2.45, 2.75) is 20.4 Å². The molecular formula is C22H26FN3O5S. The first-order chi connectivity index (χ1) is 15.3. The van der Waals surface area contributed by atoms with Gasteiger partial charge in [0, 0.05) is 31.3 Å². The number of nitrogens with one attached hydrogen (secondary N) is 1. The van der Waals surface area contributed by atoms with Crippen molar-refractivity contribution in [3.63, 3.8) is 0 Å². The third kappa shape index (κ3) is 7.86. The number of halogens is 1. The third-order valence-electron chi connectivity index (χ3n) is 4.67. The van der Waals surface area contributed by atoms with E-state index in [1.54, 1.807) is 12.1 Å². The average molecular weight is 464 g/mol. The van der Waals surface area contributed by atoms with E-state index >= 15 is 0 Å². The topological polar surface area (TPSA) is 93.9 Å². The van der Waals surface area contributed by atoms with Crippen molar-refractivity contribution < 1.29 is 23.6 Å². The van der Waals surface area contributed by atoms with E-state index in [-0.39, 0.29) is 36.2 Å². The van der Waals surface area contributed by atoms with Crippen LogP contribution in [0.1, 0.15) is 25.0 Å². The van der Waals surface area contributed by atoms with Crippen LogP contribution in [0.15, 0.2) is 42.5 Å². The van der Waals surface area contributed by atoms with Crippen molar-refractivity contribution in [2.24, 2.45) is 0 Å². The maximum absolute atomic E-state index is 13.7. The molecule has 8 nitrogen and oxygen atoms in total. The molecule has 0 saturated heterocycles. The van der Waals surface area contributed by atoms with Gasteiger partial charge in [-0.05, 0) is 30.8 Å². The van der Waals surface area contributed by atoms with E-state index < -0.39 is 16.7 Å². The summed E-state index contributed by atoms with van der Waals surface area (Å²) in [6.07, 6.45) is 0. The first kappa shape index (κ1) is 25.2. The van der Waals surface area contributed by atoms with Gasteiger partial charge >= 0.3 is 5.97 Å². The predicted octanol–water partition coefficient (Wildman–Crippen LogP) is 3.46. The van der Waals surface area contributed by atoms with Gasteiger partial charge in [0.2, 0.25) is 0 Å². The Kier molecular flexibility index (Phi) is 9.96. The van der Waals surface area contributed by atoms with Crippen LogP contribution in [0.5, 0.6) is 5.75 Å². The molecule has 0 aliphatic heterocycles. The van der Waals surface area contributed by atoms with Gasteiger partial charge < -0.3 is 19.7 Å². The van der Waals surface area contributed by atoms with Gasteiger partial charge in [0.25, 0.3) is 5.69 Å². The molecule has 2 aromatic carbocycles. The molecule has 2 rings (SSSR count). The molecule has 0 saturated carbocycles. The minimum Gasteiger partial charge on any atom is -0.481 e. The fourth-order valence-corrected chi connectivity index (χ4v) is 3.11. The summed E-state index contributed by atoms with van der Waals surface area (Å²) < 4.78 is 24.4. The molecule has 0 atom stereocenters. The molecule has 32 heavy (non-hydrogen) atoms. The fraction of sp³-hybridized carbons (Fsp3) is 0.364. The van der Waals surface area contributed by atoms with Crippen molar-refractivity contribution in [2.75, 3.05) is 32.8 Å². The zero-order valence-corrected chi connectivity index (χ0v) is 18.8. The number of esters is 1. The number of likely N-dealkylation sites (N-methyl/N-ethyl adjacent to an activating group) is 1. The highest BCUT2D eigenvalue weighted by Gasteiger charge is 2.14. The molecule has 0 radical (unpaired) electrons. The summed E-state index contributed by atoms with van der Waals surface area (Å²) in [5.74, 6) is -1.01. The number of thiocarbonyl (C=S) groups is 1. The van der Waals surface area contributed by atoms with E-state index in [2.05, 4.69) is 10.2 Å². The van der Waals surface area contributed by atoms with Gasteiger partial charge in [-0.3, -0.25) is 10.1 Å². The largest absolute Gasteiger partial charge is 0.481 e. The third-order valence-corrected chi connectivity index (χ3v) is 5.04. The number of carbonyl (C=O) groups is 1. The molecule has 0 spiro atoms. The standard InChI is InChI=1S/C22H26FN3O5S/c1-3-25(4-2)10-11-30-21(27)15-31-20-13-17(23)8-9-19(20)22(32)24-14-16-6-5-7-18(12-16)26(28)29/h5-9,12-13H,3-4,10-11,14-15H2,1-2H3,(H,24,32). The molecule has 0 aliphatic rings. The Morgan fingerprint density at radius 3 is 2.66 bits per heavy atom. The molecule has 0 heterocycles. The molecule has 1 N–H and O–H groups in total. The Morgan fingerprint density at radius 2 is 1.97 bits per heavy atom. The normalized spacial score (nSPS) is 10.6. The number of hydrogen-bond donors (Lipinski definition) is 1. The predicted molar refractivity (Wildman–Crippen MR) is 122 cm³/mol. The molecule has 0 bridgehead atoms. The maximum Gasteiger partial charge on any atom is 0.344 e. The zero-order chi connectivity index (χ0) is 23.5. The summed E-state index contributed by atoms with van der Waals surface area (Å²) in [6.45, 7) is 6.47. The molecule has 2 aromatic rings. The average Bonchev–Trinajstić information content (AvgIpc) is 2.79. The lowest BCUT2D eigenvalue weighted by atomic mass is 10.1. The number of benzene rings is 2. The number of nitro groups is 1. The van der Waals surface area contributed by atoms with Gasteiger partial charge in [-0.15, -0.1) is 0 Å². The molecule has 0 aromatic heterocycles. The van der Waals surface area contributed by atoms with Crippen molar-refractivity contribution in [1.82, 2.24) is 10.2 Å². The van der Waals surface area contributed by atoms with Crippen molar-refractivity contribution in [3.8, 4) is 5.75 Å². The smallest absolute Gasteiger partial charge is 0.344 e. The van der Waals surface area contributed by atoms with E-state index in [1.807, 2.05) is 13.8 Å². The maximum atomic E-state index is 13.7. The Balaban J connectivity index is 1.95. The number of non-ortho nitro benzene ring substituents is 1. The molecule has 0 unspecified atom stereocenters. The van der Waals surface area contributed by atoms with Crippen LogP contribution in [0.25, 0.3) is 0 Å². The number of rotatable bonds is 12. The summed E-state index contributed by atoms with van der Waals surface area (Å²) >= 11 is 5.37. The molecule has 0 aliphatic carbocycles. The second-order valence-electron chi connectivity index (χ2n) is 6.79. The zero-order valence-electron chi connectivity index (χ0n) is 18.0. The van der Waals surface area contributed by atoms with E-state index in [0.717, 1.165) is 19.2 Å². The SMILES string of the molecule is CCN(CC)CCOC(=O)COc1cc(F)ccc1C(=S)NCc1cccc([N+](=O)[O-])c1. The van der Waals surface area contributed by atoms with Gasteiger partial charge in [0.15, 0.2) is 6.61 Å². The van der Waals surface area contributed by atoms with Crippen LogP contribution in [0.3, 0.4) is 0 Å². The van der Waals surface area contributed by atoms with E-state index in [9.17, 15) is 19.3 Å². The summed E-state index contributed by atoms with van der Waals surface area (Å²) in [5, 5.41) is 13.9. The Morgan fingerprint density at radius 1 is 1.22 bits per heavy atom. The summed E-state index contributed by atoms with van der Waals surface area (Å²) in [6, 6.07) is 9.95. The number of carbonyl (C=O) groups excluding carboxylic acids is 1. The Bertz CT molecular complexity index is 953. The summed E-state index contributed by atoms with van der Waals surface area (Å²) in [5.41, 5.74) is 1.02. The van der Waals surface area contributed by atoms with Crippen molar-refractivity contribution in [3.05, 3.63) is 69.5 Å². The number of nitro benzene ring substituents is 1. The van der Waals surface area contributed by atoms with Crippen LogP contribution in [-0.2, 0) is 16.1 Å². The van der Waals surface area contributed by atoms with Crippen LogP contribution in [-0.4, -0.2) is 53.6 Å². The molecule has 10 heteroatoms. The highest BCUT2D eigenvalue weighted by molar-refractivity contribution is 7.80. The van der Waals surface area contributed by atoms with Gasteiger partial charge in [-0.25, -0.2) is 9.18 Å². The van der Waals surface area contributed by atoms with Crippen molar-refractivity contribution in [1.29, 1.82) is 0 Å². The number of hydrogen-bond acceptors (Lipinski definition) is 7. The van der Waals surface area contributed by atoms with E-state index in [1.165, 1.54) is 24.3 Å². The van der Waals surface area contributed by atoms with Gasteiger partial charge in [-0.2, -0.15) is 0 Å². The second kappa shape index (κ2) is 12.7. The molecule has 172 valence electrons. The minimum atomic E-state index is -0.567. The Hall–Kier alpha value is -3.11. The van der Waals surface area contributed by atoms with Crippen LogP contribution >= 0.6 is 12.2 Å². The number of ether oxygens (including phenoxy) is 2. The second-order valence-corrected chi connectivity index (χ2v) is 7.19. The van der Waals surface area contributed by atoms with Crippen LogP contribution in [0.4, 0.5) is 10.1 Å². The first-order valence-corrected chi connectivity index (χ1v) is 10.6. The molecular weight excluding hydrogens is 437 g/mol. The van der Waals surface area contributed by atoms with Crippen molar-refractivity contribution >= 4 is 28.9 Å². The lowest BCUT2D eigenvalue weighted by Gasteiger charge is -2.17. The van der Waals surface area contributed by atoms with Crippen LogP contribution < -0.4 is 10.1 Å². The van der Waals surface area contributed by atoms with Crippen LogP contribution in [0.2, 0.25) is 0 Å². The fourth-order valence-electron chi connectivity index (χ4n) is 2.87. The van der Waals surface area contributed by atoms with Gasteiger partial charge in [0.1, 0.15) is 23.2 Å². The van der Waals surface area contributed by atoms with Gasteiger partial charge in [0.05, 0.1) is 10.5 Å². The lowest BCUT2D eigenvalue weighted by Crippen LogP contribution is -2.29. The molecule has 0 fully saturated rings. The monoisotopic (exact) mass is 463 g/mol. The Labute approximate surface area is 191 Å². The number of nitrogens with zero attached hydrogens (tertiary/aromatic N) is 2. The summed E-state index contributed by atoms with van der Waals surface area (Å²) in [7, 11) is 0. The first-order valence-electron chi connectivity index (χ1n) is 10.2.